The topological polar surface area (TPSA) is 44.8 Å². The smallest absolute Gasteiger partial charge is 0.331 e. The molecule has 0 fully saturated rings. The summed E-state index contributed by atoms with van der Waals surface area (Å²) in [6.07, 6.45) is 3.06. The van der Waals surface area contributed by atoms with Crippen LogP contribution in [0, 0.1) is 0 Å². The number of carbonyl (C=O) groups excluding carboxylic acids is 1. The monoisotopic (exact) mass is 376 g/mol. The third-order valence-corrected chi connectivity index (χ3v) is 3.58. The van der Waals surface area contributed by atoms with Crippen molar-refractivity contribution in [1.29, 1.82) is 0 Å². The van der Waals surface area contributed by atoms with Crippen LogP contribution in [0.3, 0.4) is 0 Å². The third kappa shape index (κ3) is 5.14. The normalized spacial score (nSPS) is 10.6. The van der Waals surface area contributed by atoms with Crippen LogP contribution in [0.25, 0.3) is 6.08 Å². The highest BCUT2D eigenvalue weighted by Crippen LogP contribution is 2.27. The fourth-order valence-corrected chi connectivity index (χ4v) is 2.40. The van der Waals surface area contributed by atoms with Gasteiger partial charge in [-0.25, -0.2) is 4.79 Å². The minimum Gasteiger partial charge on any atom is -0.493 e. The van der Waals surface area contributed by atoms with E-state index in [-0.39, 0.29) is 6.61 Å². The summed E-state index contributed by atoms with van der Waals surface area (Å²) in [4.78, 5) is 11.8. The Kier molecular flexibility index (Phi) is 6.23. The van der Waals surface area contributed by atoms with E-state index in [0.29, 0.717) is 11.5 Å². The fraction of sp³-hybridized carbons (Fsp3) is 0.167. The molecule has 0 aromatic heterocycles. The average Bonchev–Trinajstić information content (AvgIpc) is 2.57. The van der Waals surface area contributed by atoms with E-state index in [1.54, 1.807) is 32.4 Å². The van der Waals surface area contributed by atoms with Crippen molar-refractivity contribution < 1.29 is 19.0 Å². The highest BCUT2D eigenvalue weighted by Gasteiger charge is 2.04. The lowest BCUT2D eigenvalue weighted by atomic mass is 10.2. The number of carbonyl (C=O) groups is 1. The molecular weight excluding hydrogens is 360 g/mol. The second-order valence-electron chi connectivity index (χ2n) is 4.69. The molecule has 5 heteroatoms. The van der Waals surface area contributed by atoms with Gasteiger partial charge in [0.2, 0.25) is 0 Å². The van der Waals surface area contributed by atoms with Crippen molar-refractivity contribution >= 4 is 28.0 Å². The summed E-state index contributed by atoms with van der Waals surface area (Å²) in [7, 11) is 3.14. The van der Waals surface area contributed by atoms with Crippen LogP contribution in [0.1, 0.15) is 11.1 Å². The average molecular weight is 377 g/mol. The van der Waals surface area contributed by atoms with Crippen molar-refractivity contribution in [2.24, 2.45) is 0 Å². The van der Waals surface area contributed by atoms with Crippen LogP contribution < -0.4 is 9.47 Å². The fourth-order valence-electron chi connectivity index (χ4n) is 1.95. The first kappa shape index (κ1) is 17.1. The Bertz CT molecular complexity index is 710. The zero-order valence-electron chi connectivity index (χ0n) is 12.9. The number of halogens is 1. The van der Waals surface area contributed by atoms with E-state index in [9.17, 15) is 4.79 Å². The number of esters is 1. The molecular formula is C18H17BrO4. The zero-order chi connectivity index (χ0) is 16.7. The quantitative estimate of drug-likeness (QED) is 0.559. The van der Waals surface area contributed by atoms with Crippen molar-refractivity contribution in [3.8, 4) is 11.5 Å². The Morgan fingerprint density at radius 1 is 1.09 bits per heavy atom. The summed E-state index contributed by atoms with van der Waals surface area (Å²) < 4.78 is 16.5. The first-order chi connectivity index (χ1) is 11.1. The Labute approximate surface area is 143 Å². The van der Waals surface area contributed by atoms with E-state index in [1.165, 1.54) is 6.08 Å². The number of benzene rings is 2. The van der Waals surface area contributed by atoms with E-state index in [1.807, 2.05) is 30.3 Å². The van der Waals surface area contributed by atoms with Gasteiger partial charge >= 0.3 is 5.97 Å². The van der Waals surface area contributed by atoms with Gasteiger partial charge in [-0.2, -0.15) is 0 Å². The van der Waals surface area contributed by atoms with Crippen molar-refractivity contribution in [2.45, 2.75) is 6.61 Å². The Morgan fingerprint density at radius 3 is 2.57 bits per heavy atom. The van der Waals surface area contributed by atoms with Gasteiger partial charge in [0.05, 0.1) is 14.2 Å². The minimum absolute atomic E-state index is 0.231. The summed E-state index contributed by atoms with van der Waals surface area (Å²) in [6, 6.07) is 13.0. The first-order valence-electron chi connectivity index (χ1n) is 6.93. The summed E-state index contributed by atoms with van der Waals surface area (Å²) in [5.74, 6) is 0.846. The van der Waals surface area contributed by atoms with Gasteiger partial charge < -0.3 is 14.2 Å². The van der Waals surface area contributed by atoms with Gasteiger partial charge in [-0.05, 0) is 41.5 Å². The molecule has 0 saturated carbocycles. The second kappa shape index (κ2) is 8.39. The molecule has 2 aromatic rings. The van der Waals surface area contributed by atoms with E-state index in [0.717, 1.165) is 15.6 Å². The van der Waals surface area contributed by atoms with Crippen molar-refractivity contribution in [2.75, 3.05) is 14.2 Å². The van der Waals surface area contributed by atoms with Crippen molar-refractivity contribution in [3.63, 3.8) is 0 Å². The van der Waals surface area contributed by atoms with Gasteiger partial charge in [-0.3, -0.25) is 0 Å². The van der Waals surface area contributed by atoms with Crippen LogP contribution in [-0.4, -0.2) is 20.2 Å². The lowest BCUT2D eigenvalue weighted by Crippen LogP contribution is -2.00. The maximum Gasteiger partial charge on any atom is 0.331 e. The predicted molar refractivity (Wildman–Crippen MR) is 92.5 cm³/mol. The van der Waals surface area contributed by atoms with Crippen LogP contribution in [0.2, 0.25) is 0 Å². The van der Waals surface area contributed by atoms with Gasteiger partial charge in [0, 0.05) is 10.5 Å². The van der Waals surface area contributed by atoms with Crippen LogP contribution in [0.5, 0.6) is 11.5 Å². The van der Waals surface area contributed by atoms with E-state index >= 15 is 0 Å². The number of ether oxygens (including phenoxy) is 3. The molecule has 0 unspecified atom stereocenters. The molecule has 0 aliphatic carbocycles. The van der Waals surface area contributed by atoms with Gasteiger partial charge in [-0.1, -0.05) is 34.1 Å². The summed E-state index contributed by atoms with van der Waals surface area (Å²) >= 11 is 3.38. The van der Waals surface area contributed by atoms with E-state index in [4.69, 9.17) is 14.2 Å². The maximum absolute atomic E-state index is 11.8. The SMILES string of the molecule is COc1ccc(C=CC(=O)OCc2cccc(Br)c2)cc1OC. The third-order valence-electron chi connectivity index (χ3n) is 3.09. The molecule has 0 radical (unpaired) electrons. The first-order valence-corrected chi connectivity index (χ1v) is 7.73. The van der Waals surface area contributed by atoms with Crippen molar-refractivity contribution in [1.82, 2.24) is 0 Å². The van der Waals surface area contributed by atoms with Crippen LogP contribution in [-0.2, 0) is 16.1 Å². The van der Waals surface area contributed by atoms with Crippen LogP contribution in [0.15, 0.2) is 53.0 Å². The number of hydrogen-bond donors (Lipinski definition) is 0. The number of methoxy groups -OCH3 is 2. The molecule has 4 nitrogen and oxygen atoms in total. The zero-order valence-corrected chi connectivity index (χ0v) is 14.5. The molecule has 23 heavy (non-hydrogen) atoms. The lowest BCUT2D eigenvalue weighted by Gasteiger charge is -2.07. The van der Waals surface area contributed by atoms with Crippen molar-refractivity contribution in [3.05, 3.63) is 64.1 Å². The molecule has 0 aliphatic heterocycles. The molecule has 0 amide bonds. The molecule has 0 bridgehead atoms. The highest BCUT2D eigenvalue weighted by molar-refractivity contribution is 9.10. The van der Waals surface area contributed by atoms with Crippen LogP contribution >= 0.6 is 15.9 Å². The predicted octanol–water partition coefficient (Wildman–Crippen LogP) is 4.22. The number of hydrogen-bond acceptors (Lipinski definition) is 4. The van der Waals surface area contributed by atoms with Crippen LogP contribution in [0.4, 0.5) is 0 Å². The largest absolute Gasteiger partial charge is 0.493 e. The summed E-state index contributed by atoms with van der Waals surface area (Å²) in [5, 5.41) is 0. The van der Waals surface area contributed by atoms with E-state index < -0.39 is 5.97 Å². The molecule has 0 heterocycles. The van der Waals surface area contributed by atoms with E-state index in [2.05, 4.69) is 15.9 Å². The van der Waals surface area contributed by atoms with Gasteiger partial charge in [0.15, 0.2) is 11.5 Å². The van der Waals surface area contributed by atoms with Gasteiger partial charge in [0.25, 0.3) is 0 Å². The Hall–Kier alpha value is -2.27. The molecule has 0 aliphatic rings. The maximum atomic E-state index is 11.8. The molecule has 0 spiro atoms. The molecule has 0 atom stereocenters. The standard InChI is InChI=1S/C18H17BrO4/c1-21-16-8-6-13(11-17(16)22-2)7-9-18(20)23-12-14-4-3-5-15(19)10-14/h3-11H,12H2,1-2H3. The molecule has 120 valence electrons. The number of rotatable bonds is 6. The molecule has 0 N–H and O–H groups in total. The molecule has 0 saturated heterocycles. The highest BCUT2D eigenvalue weighted by atomic mass is 79.9. The Balaban J connectivity index is 1.95. The molecule has 2 aromatic carbocycles. The van der Waals surface area contributed by atoms with Gasteiger partial charge in [-0.15, -0.1) is 0 Å². The van der Waals surface area contributed by atoms with Gasteiger partial charge in [0.1, 0.15) is 6.61 Å². The minimum atomic E-state index is -0.403. The second-order valence-corrected chi connectivity index (χ2v) is 5.60. The summed E-state index contributed by atoms with van der Waals surface area (Å²) in [5.41, 5.74) is 1.74. The Morgan fingerprint density at radius 2 is 1.87 bits per heavy atom. The summed E-state index contributed by atoms with van der Waals surface area (Å²) in [6.45, 7) is 0.231. The molecule has 2 rings (SSSR count). The lowest BCUT2D eigenvalue weighted by molar-refractivity contribution is -0.138.